The van der Waals surface area contributed by atoms with Crippen LogP contribution in [0.15, 0.2) is 22.7 Å². The van der Waals surface area contributed by atoms with Gasteiger partial charge in [0.15, 0.2) is 0 Å². The lowest BCUT2D eigenvalue weighted by atomic mass is 9.85. The Labute approximate surface area is 124 Å². The summed E-state index contributed by atoms with van der Waals surface area (Å²) in [6, 6.07) is 7.04. The molecule has 100 valence electrons. The molecule has 0 saturated carbocycles. The normalized spacial score (nSPS) is 28.5. The lowest BCUT2D eigenvalue weighted by molar-refractivity contribution is 0.296. The van der Waals surface area contributed by atoms with Crippen LogP contribution in [0.5, 0.6) is 0 Å². The van der Waals surface area contributed by atoms with Gasteiger partial charge in [-0.2, -0.15) is 0 Å². The molecule has 0 amide bonds. The molecule has 1 aromatic carbocycles. The van der Waals surface area contributed by atoms with E-state index < -0.39 is 0 Å². The van der Waals surface area contributed by atoms with Crippen LogP contribution >= 0.6 is 27.5 Å². The molecule has 3 atom stereocenters. The Hall–Kier alpha value is -0.210. The number of piperidine rings is 1. The third kappa shape index (κ3) is 2.85. The second-order valence-electron chi connectivity index (χ2n) is 5.62. The maximum atomic E-state index is 6.10. The monoisotopic (exact) mass is 329 g/mol. The van der Waals surface area contributed by atoms with Crippen LogP contribution in [0.3, 0.4) is 0 Å². The minimum Gasteiger partial charge on any atom is -0.368 e. The summed E-state index contributed by atoms with van der Waals surface area (Å²) < 4.78 is 1.10. The van der Waals surface area contributed by atoms with Gasteiger partial charge in [-0.05, 0) is 48.9 Å². The summed E-state index contributed by atoms with van der Waals surface area (Å²) in [6.07, 6.45) is 1.32. The zero-order valence-electron chi connectivity index (χ0n) is 11.3. The van der Waals surface area contributed by atoms with Gasteiger partial charge in [0.1, 0.15) is 0 Å². The predicted octanol–water partition coefficient (Wildman–Crippen LogP) is 5.06. The number of alkyl halides is 1. The summed E-state index contributed by atoms with van der Waals surface area (Å²) in [6.45, 7) is 8.16. The van der Waals surface area contributed by atoms with E-state index in [2.05, 4.69) is 59.8 Å². The van der Waals surface area contributed by atoms with E-state index >= 15 is 0 Å². The van der Waals surface area contributed by atoms with Gasteiger partial charge in [0, 0.05) is 28.6 Å². The van der Waals surface area contributed by atoms with Gasteiger partial charge in [-0.1, -0.05) is 29.8 Å². The standard InChI is InChI=1S/C15H21BrClN/c1-10-6-11(2)12(3)18(9-10)15-5-4-14(16)7-13(15)8-17/h4-5,7,10-12H,6,8-9H2,1-3H3. The summed E-state index contributed by atoms with van der Waals surface area (Å²) in [4.78, 5) is 2.53. The van der Waals surface area contributed by atoms with Crippen molar-refractivity contribution in [2.45, 2.75) is 39.1 Å². The molecule has 1 aliphatic heterocycles. The molecule has 3 unspecified atom stereocenters. The topological polar surface area (TPSA) is 3.24 Å². The molecule has 2 rings (SSSR count). The highest BCUT2D eigenvalue weighted by Crippen LogP contribution is 2.34. The fraction of sp³-hybridized carbons (Fsp3) is 0.600. The molecular weight excluding hydrogens is 310 g/mol. The van der Waals surface area contributed by atoms with Crippen molar-refractivity contribution in [1.29, 1.82) is 0 Å². The minimum atomic E-state index is 0.570. The van der Waals surface area contributed by atoms with Gasteiger partial charge in [-0.15, -0.1) is 11.6 Å². The second-order valence-corrected chi connectivity index (χ2v) is 6.80. The highest BCUT2D eigenvalue weighted by Gasteiger charge is 2.29. The average molecular weight is 331 g/mol. The van der Waals surface area contributed by atoms with Crippen LogP contribution < -0.4 is 4.90 Å². The van der Waals surface area contributed by atoms with E-state index in [1.54, 1.807) is 0 Å². The molecule has 1 nitrogen and oxygen atoms in total. The molecule has 0 spiro atoms. The molecule has 1 heterocycles. The number of nitrogens with zero attached hydrogens (tertiary/aromatic N) is 1. The molecule has 18 heavy (non-hydrogen) atoms. The Morgan fingerprint density at radius 2 is 2.06 bits per heavy atom. The molecule has 1 saturated heterocycles. The van der Waals surface area contributed by atoms with Gasteiger partial charge >= 0.3 is 0 Å². The van der Waals surface area contributed by atoms with Crippen LogP contribution in [0.4, 0.5) is 5.69 Å². The van der Waals surface area contributed by atoms with E-state index in [1.165, 1.54) is 17.7 Å². The maximum absolute atomic E-state index is 6.10. The van der Waals surface area contributed by atoms with Crippen molar-refractivity contribution < 1.29 is 0 Å². The molecule has 0 radical (unpaired) electrons. The highest BCUT2D eigenvalue weighted by atomic mass is 79.9. The molecule has 0 aliphatic carbocycles. The number of rotatable bonds is 2. The SMILES string of the molecule is CC1CC(C)C(C)N(c2ccc(Br)cc2CCl)C1. The molecule has 0 bridgehead atoms. The highest BCUT2D eigenvalue weighted by molar-refractivity contribution is 9.10. The first-order valence-electron chi connectivity index (χ1n) is 6.64. The smallest absolute Gasteiger partial charge is 0.0494 e. The maximum Gasteiger partial charge on any atom is 0.0494 e. The van der Waals surface area contributed by atoms with Gasteiger partial charge in [-0.3, -0.25) is 0 Å². The Kier molecular flexibility index (Phi) is 4.60. The third-order valence-corrected chi connectivity index (χ3v) is 4.87. The van der Waals surface area contributed by atoms with E-state index in [4.69, 9.17) is 11.6 Å². The molecule has 1 aliphatic rings. The first-order chi connectivity index (χ1) is 8.52. The molecule has 0 aromatic heterocycles. The summed E-state index contributed by atoms with van der Waals surface area (Å²) in [5.74, 6) is 2.06. The Morgan fingerprint density at radius 1 is 1.33 bits per heavy atom. The summed E-state index contributed by atoms with van der Waals surface area (Å²) in [5, 5.41) is 0. The molecule has 0 N–H and O–H groups in total. The number of hydrogen-bond acceptors (Lipinski definition) is 1. The van der Waals surface area contributed by atoms with E-state index in [1.807, 2.05) is 0 Å². The van der Waals surface area contributed by atoms with Gasteiger partial charge in [0.05, 0.1) is 0 Å². The van der Waals surface area contributed by atoms with Crippen molar-refractivity contribution in [2.75, 3.05) is 11.4 Å². The van der Waals surface area contributed by atoms with Crippen molar-refractivity contribution in [2.24, 2.45) is 11.8 Å². The number of anilines is 1. The molecule has 1 fully saturated rings. The second kappa shape index (κ2) is 5.83. The Morgan fingerprint density at radius 3 is 2.72 bits per heavy atom. The zero-order chi connectivity index (χ0) is 13.3. The fourth-order valence-corrected chi connectivity index (χ4v) is 3.60. The molecule has 1 aromatic rings. The van der Waals surface area contributed by atoms with E-state index in [9.17, 15) is 0 Å². The Bertz CT molecular complexity index is 421. The van der Waals surface area contributed by atoms with Gasteiger partial charge in [-0.25, -0.2) is 0 Å². The van der Waals surface area contributed by atoms with Crippen LogP contribution in [0.2, 0.25) is 0 Å². The van der Waals surface area contributed by atoms with Crippen molar-refractivity contribution in [3.63, 3.8) is 0 Å². The first kappa shape index (κ1) is 14.2. The van der Waals surface area contributed by atoms with E-state index in [0.29, 0.717) is 11.9 Å². The lowest BCUT2D eigenvalue weighted by Gasteiger charge is -2.43. The number of benzene rings is 1. The minimum absolute atomic E-state index is 0.570. The quantitative estimate of drug-likeness (QED) is 0.685. The van der Waals surface area contributed by atoms with Gasteiger partial charge in [0.25, 0.3) is 0 Å². The summed E-state index contributed by atoms with van der Waals surface area (Å²) in [5.41, 5.74) is 2.53. The number of halogens is 2. The summed E-state index contributed by atoms with van der Waals surface area (Å²) >= 11 is 9.62. The van der Waals surface area contributed by atoms with E-state index in [-0.39, 0.29) is 0 Å². The number of hydrogen-bond donors (Lipinski definition) is 0. The zero-order valence-corrected chi connectivity index (χ0v) is 13.6. The van der Waals surface area contributed by atoms with E-state index in [0.717, 1.165) is 22.9 Å². The van der Waals surface area contributed by atoms with Crippen LogP contribution in [-0.4, -0.2) is 12.6 Å². The first-order valence-corrected chi connectivity index (χ1v) is 7.96. The Balaban J connectivity index is 2.34. The lowest BCUT2D eigenvalue weighted by Crippen LogP contribution is -2.46. The van der Waals surface area contributed by atoms with Gasteiger partial charge < -0.3 is 4.90 Å². The summed E-state index contributed by atoms with van der Waals surface area (Å²) in [7, 11) is 0. The average Bonchev–Trinajstić information content (AvgIpc) is 2.34. The van der Waals surface area contributed by atoms with Crippen LogP contribution in [0.1, 0.15) is 32.8 Å². The van der Waals surface area contributed by atoms with Crippen molar-refractivity contribution in [3.8, 4) is 0 Å². The van der Waals surface area contributed by atoms with Crippen LogP contribution in [0.25, 0.3) is 0 Å². The third-order valence-electron chi connectivity index (χ3n) is 4.09. The largest absolute Gasteiger partial charge is 0.368 e. The van der Waals surface area contributed by atoms with Crippen LogP contribution in [-0.2, 0) is 5.88 Å². The van der Waals surface area contributed by atoms with Gasteiger partial charge in [0.2, 0.25) is 0 Å². The molecular formula is C15H21BrClN. The van der Waals surface area contributed by atoms with Crippen molar-refractivity contribution in [1.82, 2.24) is 0 Å². The van der Waals surface area contributed by atoms with Crippen molar-refractivity contribution in [3.05, 3.63) is 28.2 Å². The molecule has 3 heteroatoms. The van der Waals surface area contributed by atoms with Crippen molar-refractivity contribution >= 4 is 33.2 Å². The fourth-order valence-electron chi connectivity index (χ4n) is 2.97. The predicted molar refractivity (Wildman–Crippen MR) is 83.5 cm³/mol. The van der Waals surface area contributed by atoms with Crippen LogP contribution in [0, 0.1) is 11.8 Å².